The first-order valence-corrected chi connectivity index (χ1v) is 9.02. The molecule has 20 heavy (non-hydrogen) atoms. The molecule has 0 bridgehead atoms. The third-order valence-electron chi connectivity index (χ3n) is 3.60. The van der Waals surface area contributed by atoms with Gasteiger partial charge in [0.25, 0.3) is 0 Å². The Labute approximate surface area is 133 Å². The fourth-order valence-electron chi connectivity index (χ4n) is 2.39. The van der Waals surface area contributed by atoms with E-state index in [4.69, 9.17) is 0 Å². The topological polar surface area (TPSA) is 6.48 Å². The summed E-state index contributed by atoms with van der Waals surface area (Å²) in [5.41, 5.74) is 0.404. The molecule has 0 aromatic carbocycles. The minimum absolute atomic E-state index is 0.404. The van der Waals surface area contributed by atoms with Crippen LogP contribution in [0.1, 0.15) is 47.0 Å². The molecule has 0 fully saturated rings. The van der Waals surface area contributed by atoms with Gasteiger partial charge in [0.1, 0.15) is 7.85 Å². The highest BCUT2D eigenvalue weighted by atomic mass is 32.2. The lowest BCUT2D eigenvalue weighted by Gasteiger charge is -2.31. The van der Waals surface area contributed by atoms with Crippen LogP contribution in [0.25, 0.3) is 0 Å². The maximum absolute atomic E-state index is 2.40. The predicted octanol–water partition coefficient (Wildman–Crippen LogP) is 3.20. The number of rotatable bonds is 9. The van der Waals surface area contributed by atoms with Gasteiger partial charge in [0.05, 0.1) is 5.37 Å². The zero-order chi connectivity index (χ0) is 15.9. The maximum atomic E-state index is 2.40. The summed E-state index contributed by atoms with van der Waals surface area (Å²) in [6, 6.07) is 0.722. The first-order valence-electron chi connectivity index (χ1n) is 7.97. The molecule has 0 saturated heterocycles. The molecule has 0 N–H and O–H groups in total. The second-order valence-electron chi connectivity index (χ2n) is 8.09. The van der Waals surface area contributed by atoms with E-state index in [-0.39, 0.29) is 0 Å². The molecule has 4 heteroatoms. The van der Waals surface area contributed by atoms with Crippen molar-refractivity contribution in [2.75, 3.05) is 33.9 Å². The van der Waals surface area contributed by atoms with Gasteiger partial charge in [-0.2, -0.15) is 0 Å². The Bertz CT molecular complexity index is 249. The van der Waals surface area contributed by atoms with E-state index in [0.717, 1.165) is 11.9 Å². The normalized spacial score (nSPS) is 17.5. The smallest absolute Gasteiger partial charge is 0.105 e. The fraction of sp³-hybridized carbons (Fsp3) is 1.00. The SMILES string of the molecule is BC(C)CC(CCSC(CC(C)(C)C)N(C)C)N(C)C. The maximum Gasteiger partial charge on any atom is 0.105 e. The van der Waals surface area contributed by atoms with Crippen LogP contribution in [0.3, 0.4) is 0 Å². The van der Waals surface area contributed by atoms with Crippen LogP contribution in [0, 0.1) is 5.41 Å². The first kappa shape index (κ1) is 20.3. The molecule has 0 radical (unpaired) electrons. The minimum Gasteiger partial charge on any atom is -0.306 e. The third kappa shape index (κ3) is 10.1. The van der Waals surface area contributed by atoms with Gasteiger partial charge in [-0.1, -0.05) is 33.5 Å². The first-order chi connectivity index (χ1) is 9.03. The van der Waals surface area contributed by atoms with Gasteiger partial charge in [-0.3, -0.25) is 4.90 Å². The Morgan fingerprint density at radius 3 is 1.95 bits per heavy atom. The fourth-order valence-corrected chi connectivity index (χ4v) is 3.98. The summed E-state index contributed by atoms with van der Waals surface area (Å²) in [4.78, 5) is 4.78. The highest BCUT2D eigenvalue weighted by molar-refractivity contribution is 7.99. The molecule has 0 spiro atoms. The van der Waals surface area contributed by atoms with E-state index >= 15 is 0 Å². The van der Waals surface area contributed by atoms with Crippen LogP contribution in [0.4, 0.5) is 0 Å². The van der Waals surface area contributed by atoms with Gasteiger partial charge < -0.3 is 4.90 Å². The Balaban J connectivity index is 4.27. The van der Waals surface area contributed by atoms with Crippen LogP contribution >= 0.6 is 11.8 Å². The second kappa shape index (κ2) is 9.37. The van der Waals surface area contributed by atoms with Crippen molar-refractivity contribution < 1.29 is 0 Å². The van der Waals surface area contributed by atoms with Gasteiger partial charge in [0.2, 0.25) is 0 Å². The van der Waals surface area contributed by atoms with Gasteiger partial charge in [0.15, 0.2) is 0 Å². The van der Waals surface area contributed by atoms with Crippen molar-refractivity contribution in [3.8, 4) is 0 Å². The Kier molecular flexibility index (Phi) is 9.53. The molecule has 0 rings (SSSR count). The molecule has 3 atom stereocenters. The van der Waals surface area contributed by atoms with E-state index in [1.165, 1.54) is 25.0 Å². The highest BCUT2D eigenvalue weighted by Gasteiger charge is 2.21. The second-order valence-corrected chi connectivity index (χ2v) is 9.38. The Morgan fingerprint density at radius 2 is 1.60 bits per heavy atom. The number of hydrogen-bond donors (Lipinski definition) is 0. The third-order valence-corrected chi connectivity index (χ3v) is 5.04. The lowest BCUT2D eigenvalue weighted by molar-refractivity contribution is 0.266. The van der Waals surface area contributed by atoms with Crippen molar-refractivity contribution in [2.45, 2.75) is 64.2 Å². The van der Waals surface area contributed by atoms with Crippen molar-refractivity contribution in [1.29, 1.82) is 0 Å². The monoisotopic (exact) mass is 300 g/mol. The Hall–Kier alpha value is 0.335. The summed E-state index contributed by atoms with van der Waals surface area (Å²) in [5, 5.41) is 0.636. The van der Waals surface area contributed by atoms with E-state index in [9.17, 15) is 0 Å². The molecule has 0 aromatic heterocycles. The molecule has 3 unspecified atom stereocenters. The van der Waals surface area contributed by atoms with E-state index in [2.05, 4.69) is 85.3 Å². The Morgan fingerprint density at radius 1 is 1.05 bits per heavy atom. The lowest BCUT2D eigenvalue weighted by atomic mass is 9.83. The van der Waals surface area contributed by atoms with Crippen LogP contribution in [0.5, 0.6) is 0 Å². The van der Waals surface area contributed by atoms with Crippen molar-refractivity contribution >= 4 is 19.6 Å². The zero-order valence-corrected chi connectivity index (χ0v) is 16.2. The van der Waals surface area contributed by atoms with Crippen LogP contribution in [0.15, 0.2) is 0 Å². The number of nitrogens with zero attached hydrogens (tertiary/aromatic N) is 2. The van der Waals surface area contributed by atoms with E-state index < -0.39 is 0 Å². The molecule has 0 aliphatic carbocycles. The summed E-state index contributed by atoms with van der Waals surface area (Å²) < 4.78 is 0. The predicted molar refractivity (Wildman–Crippen MR) is 98.7 cm³/mol. The molecular weight excluding hydrogens is 263 g/mol. The van der Waals surface area contributed by atoms with Gasteiger partial charge >= 0.3 is 0 Å². The molecule has 0 heterocycles. The molecule has 0 saturated carbocycles. The summed E-state index contributed by atoms with van der Waals surface area (Å²) in [6.07, 6.45) is 3.85. The summed E-state index contributed by atoms with van der Waals surface area (Å²) in [5.74, 6) is 2.04. The molecular formula is C16H37BN2S. The molecule has 0 aliphatic heterocycles. The molecule has 0 aliphatic rings. The van der Waals surface area contributed by atoms with Crippen LogP contribution < -0.4 is 0 Å². The summed E-state index contributed by atoms with van der Waals surface area (Å²) in [6.45, 7) is 9.34. The standard InChI is InChI=1S/C16H37BN2S/c1-13(17)11-14(18(5)6)9-10-20-15(19(7)8)12-16(2,3)4/h13-15H,9-12,17H2,1-8H3. The van der Waals surface area contributed by atoms with Gasteiger partial charge in [-0.15, -0.1) is 11.8 Å². The average Bonchev–Trinajstić information content (AvgIpc) is 2.23. The molecule has 120 valence electrons. The van der Waals surface area contributed by atoms with Crippen molar-refractivity contribution in [3.05, 3.63) is 0 Å². The van der Waals surface area contributed by atoms with Crippen molar-refractivity contribution in [3.63, 3.8) is 0 Å². The van der Waals surface area contributed by atoms with Gasteiger partial charge in [-0.25, -0.2) is 0 Å². The summed E-state index contributed by atoms with van der Waals surface area (Å²) in [7, 11) is 11.2. The number of hydrogen-bond acceptors (Lipinski definition) is 3. The van der Waals surface area contributed by atoms with E-state index in [1.54, 1.807) is 0 Å². The van der Waals surface area contributed by atoms with Crippen LogP contribution in [-0.4, -0.2) is 63.0 Å². The molecule has 2 nitrogen and oxygen atoms in total. The minimum atomic E-state index is 0.404. The molecule has 0 amide bonds. The summed E-state index contributed by atoms with van der Waals surface area (Å²) >= 11 is 2.13. The average molecular weight is 300 g/mol. The lowest BCUT2D eigenvalue weighted by Crippen LogP contribution is -2.32. The van der Waals surface area contributed by atoms with Crippen molar-refractivity contribution in [2.24, 2.45) is 5.41 Å². The molecule has 0 aromatic rings. The highest BCUT2D eigenvalue weighted by Crippen LogP contribution is 2.30. The van der Waals surface area contributed by atoms with Gasteiger partial charge in [-0.05, 0) is 58.6 Å². The zero-order valence-electron chi connectivity index (χ0n) is 15.4. The van der Waals surface area contributed by atoms with E-state index in [0.29, 0.717) is 10.8 Å². The van der Waals surface area contributed by atoms with Crippen LogP contribution in [-0.2, 0) is 0 Å². The number of thioether (sulfide) groups is 1. The van der Waals surface area contributed by atoms with Crippen molar-refractivity contribution in [1.82, 2.24) is 9.80 Å². The quantitative estimate of drug-likeness (QED) is 0.477. The van der Waals surface area contributed by atoms with E-state index in [1.807, 2.05) is 0 Å². The largest absolute Gasteiger partial charge is 0.306 e. The van der Waals surface area contributed by atoms with Gasteiger partial charge in [0, 0.05) is 6.04 Å². The van der Waals surface area contributed by atoms with Crippen LogP contribution in [0.2, 0.25) is 5.82 Å².